The lowest BCUT2D eigenvalue weighted by Gasteiger charge is -2.08. The van der Waals surface area contributed by atoms with Crippen molar-refractivity contribution in [2.75, 3.05) is 0 Å². The quantitative estimate of drug-likeness (QED) is 0.432. The molecular formula is C21H18N2O6S. The van der Waals surface area contributed by atoms with Gasteiger partial charge in [0.25, 0.3) is 5.89 Å². The van der Waals surface area contributed by atoms with E-state index in [1.54, 1.807) is 42.5 Å². The standard InChI is InChI=1S/C21H18N2O6S/c1-13-8-16(10-17-20(13)14(2)9-19(24)28-17)27-11-18-22-23-21(29-18)30(25,26)12-15-6-4-3-5-7-15/h3-10H,11-12H2,1-2H3. The van der Waals surface area contributed by atoms with Gasteiger partial charge in [0.05, 0.1) is 5.75 Å². The number of aryl methyl sites for hydroxylation is 2. The monoisotopic (exact) mass is 426 g/mol. The molecule has 0 atom stereocenters. The van der Waals surface area contributed by atoms with Crippen molar-refractivity contribution in [3.05, 3.63) is 81.5 Å². The first kappa shape index (κ1) is 19.8. The summed E-state index contributed by atoms with van der Waals surface area (Å²) < 4.78 is 41.1. The average Bonchev–Trinajstić information content (AvgIpc) is 3.16. The van der Waals surface area contributed by atoms with E-state index < -0.39 is 20.7 Å². The molecule has 0 aliphatic heterocycles. The van der Waals surface area contributed by atoms with Crippen LogP contribution in [0.5, 0.6) is 5.75 Å². The molecule has 4 rings (SSSR count). The Labute approximate surface area is 172 Å². The molecule has 0 aliphatic carbocycles. The summed E-state index contributed by atoms with van der Waals surface area (Å²) in [7, 11) is -3.77. The zero-order chi connectivity index (χ0) is 21.3. The molecule has 0 amide bonds. The molecule has 2 heterocycles. The largest absolute Gasteiger partial charge is 0.484 e. The van der Waals surface area contributed by atoms with Crippen LogP contribution in [0.1, 0.15) is 22.6 Å². The number of nitrogens with zero attached hydrogens (tertiary/aromatic N) is 2. The van der Waals surface area contributed by atoms with Crippen LogP contribution in [0.2, 0.25) is 0 Å². The Balaban J connectivity index is 1.51. The molecule has 0 unspecified atom stereocenters. The van der Waals surface area contributed by atoms with Gasteiger partial charge in [-0.3, -0.25) is 0 Å². The smallest absolute Gasteiger partial charge is 0.336 e. The number of hydrogen-bond donors (Lipinski definition) is 0. The Kier molecular flexibility index (Phi) is 5.13. The molecular weight excluding hydrogens is 408 g/mol. The van der Waals surface area contributed by atoms with Gasteiger partial charge in [0.15, 0.2) is 6.61 Å². The van der Waals surface area contributed by atoms with Gasteiger partial charge in [0.2, 0.25) is 9.84 Å². The summed E-state index contributed by atoms with van der Waals surface area (Å²) in [6.45, 7) is 3.58. The second-order valence-corrected chi connectivity index (χ2v) is 8.72. The van der Waals surface area contributed by atoms with Crippen molar-refractivity contribution in [3.8, 4) is 5.75 Å². The lowest BCUT2D eigenvalue weighted by Crippen LogP contribution is -2.05. The van der Waals surface area contributed by atoms with Crippen LogP contribution in [0.4, 0.5) is 0 Å². The highest BCUT2D eigenvalue weighted by atomic mass is 32.2. The molecule has 0 spiro atoms. The third kappa shape index (κ3) is 4.11. The molecule has 154 valence electrons. The van der Waals surface area contributed by atoms with Gasteiger partial charge < -0.3 is 13.6 Å². The molecule has 4 aromatic rings. The number of fused-ring (bicyclic) bond motifs is 1. The SMILES string of the molecule is Cc1cc(OCc2nnc(S(=O)(=O)Cc3ccccc3)o2)cc2oc(=O)cc(C)c12. The molecule has 30 heavy (non-hydrogen) atoms. The van der Waals surface area contributed by atoms with Gasteiger partial charge in [0, 0.05) is 17.5 Å². The Morgan fingerprint density at radius 1 is 0.967 bits per heavy atom. The summed E-state index contributed by atoms with van der Waals surface area (Å²) in [5.41, 5.74) is 2.28. The van der Waals surface area contributed by atoms with Crippen molar-refractivity contribution in [2.45, 2.75) is 31.4 Å². The van der Waals surface area contributed by atoms with Crippen molar-refractivity contribution in [1.29, 1.82) is 0 Å². The van der Waals surface area contributed by atoms with Crippen molar-refractivity contribution in [2.24, 2.45) is 0 Å². The maximum absolute atomic E-state index is 12.5. The van der Waals surface area contributed by atoms with Gasteiger partial charge in [-0.25, -0.2) is 13.2 Å². The highest BCUT2D eigenvalue weighted by Crippen LogP contribution is 2.27. The van der Waals surface area contributed by atoms with Crippen molar-refractivity contribution in [3.63, 3.8) is 0 Å². The number of aromatic nitrogens is 2. The normalized spacial score (nSPS) is 11.7. The molecule has 0 bridgehead atoms. The third-order valence-electron chi connectivity index (χ3n) is 4.49. The minimum absolute atomic E-state index is 0.0186. The number of ether oxygens (including phenoxy) is 1. The van der Waals surface area contributed by atoms with E-state index in [0.717, 1.165) is 16.5 Å². The van der Waals surface area contributed by atoms with Gasteiger partial charge in [-0.05, 0) is 36.6 Å². The highest BCUT2D eigenvalue weighted by Gasteiger charge is 2.23. The summed E-state index contributed by atoms with van der Waals surface area (Å²) in [6.07, 6.45) is 0. The lowest BCUT2D eigenvalue weighted by atomic mass is 10.1. The van der Waals surface area contributed by atoms with E-state index in [9.17, 15) is 13.2 Å². The molecule has 8 nitrogen and oxygen atoms in total. The zero-order valence-electron chi connectivity index (χ0n) is 16.3. The second kappa shape index (κ2) is 7.75. The van der Waals surface area contributed by atoms with Crippen LogP contribution >= 0.6 is 0 Å². The molecule has 0 saturated carbocycles. The van der Waals surface area contributed by atoms with E-state index in [1.165, 1.54) is 6.07 Å². The highest BCUT2D eigenvalue weighted by molar-refractivity contribution is 7.90. The van der Waals surface area contributed by atoms with E-state index in [0.29, 0.717) is 16.9 Å². The fraction of sp³-hybridized carbons (Fsp3) is 0.190. The van der Waals surface area contributed by atoms with Gasteiger partial charge in [-0.15, -0.1) is 5.10 Å². The van der Waals surface area contributed by atoms with Gasteiger partial charge in [-0.2, -0.15) is 0 Å². The molecule has 0 saturated heterocycles. The first-order valence-corrected chi connectivity index (χ1v) is 10.7. The van der Waals surface area contributed by atoms with Crippen LogP contribution < -0.4 is 10.4 Å². The van der Waals surface area contributed by atoms with Crippen LogP contribution in [0, 0.1) is 13.8 Å². The summed E-state index contributed by atoms with van der Waals surface area (Å²) >= 11 is 0. The summed E-state index contributed by atoms with van der Waals surface area (Å²) in [6, 6.07) is 13.6. The number of hydrogen-bond acceptors (Lipinski definition) is 8. The summed E-state index contributed by atoms with van der Waals surface area (Å²) in [4.78, 5) is 11.6. The van der Waals surface area contributed by atoms with E-state index in [1.807, 2.05) is 13.8 Å². The van der Waals surface area contributed by atoms with E-state index in [4.69, 9.17) is 13.6 Å². The summed E-state index contributed by atoms with van der Waals surface area (Å²) in [5.74, 6) is 0.212. The molecule has 0 fully saturated rings. The molecule has 0 aliphatic rings. The second-order valence-electron chi connectivity index (χ2n) is 6.86. The lowest BCUT2D eigenvalue weighted by molar-refractivity contribution is 0.250. The van der Waals surface area contributed by atoms with Gasteiger partial charge in [0.1, 0.15) is 11.3 Å². The van der Waals surface area contributed by atoms with Gasteiger partial charge in [-0.1, -0.05) is 35.4 Å². The molecule has 2 aromatic carbocycles. The predicted octanol–water partition coefficient (Wildman–Crippen LogP) is 3.35. The number of sulfone groups is 1. The predicted molar refractivity (Wildman–Crippen MR) is 108 cm³/mol. The molecule has 2 aromatic heterocycles. The van der Waals surface area contributed by atoms with Crippen molar-refractivity contribution < 1.29 is 22.0 Å². The topological polar surface area (TPSA) is 112 Å². The maximum Gasteiger partial charge on any atom is 0.336 e. The van der Waals surface area contributed by atoms with Crippen LogP contribution in [-0.4, -0.2) is 18.6 Å². The van der Waals surface area contributed by atoms with E-state index >= 15 is 0 Å². The van der Waals surface area contributed by atoms with Crippen LogP contribution in [0.15, 0.2) is 67.4 Å². The summed E-state index contributed by atoms with van der Waals surface area (Å²) in [5, 5.41) is 7.78. The first-order valence-electron chi connectivity index (χ1n) is 9.09. The minimum atomic E-state index is -3.77. The zero-order valence-corrected chi connectivity index (χ0v) is 17.1. The Bertz CT molecular complexity index is 1370. The fourth-order valence-corrected chi connectivity index (χ4v) is 4.34. The Hall–Kier alpha value is -3.46. The van der Waals surface area contributed by atoms with Gasteiger partial charge >= 0.3 is 10.8 Å². The fourth-order valence-electron chi connectivity index (χ4n) is 3.20. The molecule has 0 radical (unpaired) electrons. The van der Waals surface area contributed by atoms with E-state index in [2.05, 4.69) is 10.2 Å². The molecule has 0 N–H and O–H groups in total. The van der Waals surface area contributed by atoms with Crippen LogP contribution in [-0.2, 0) is 22.2 Å². The van der Waals surface area contributed by atoms with Crippen molar-refractivity contribution >= 4 is 20.8 Å². The average molecular weight is 426 g/mol. The van der Waals surface area contributed by atoms with Crippen LogP contribution in [0.3, 0.4) is 0 Å². The number of rotatable bonds is 6. The maximum atomic E-state index is 12.5. The number of benzene rings is 2. The Morgan fingerprint density at radius 3 is 2.47 bits per heavy atom. The Morgan fingerprint density at radius 2 is 1.70 bits per heavy atom. The van der Waals surface area contributed by atoms with Crippen LogP contribution in [0.25, 0.3) is 11.0 Å². The van der Waals surface area contributed by atoms with E-state index in [-0.39, 0.29) is 18.3 Å². The third-order valence-corrected chi connectivity index (χ3v) is 5.90. The minimum Gasteiger partial charge on any atom is -0.484 e. The first-order chi connectivity index (χ1) is 14.3. The molecule has 9 heteroatoms. The van der Waals surface area contributed by atoms with Crippen molar-refractivity contribution in [1.82, 2.24) is 10.2 Å².